The highest BCUT2D eigenvalue weighted by molar-refractivity contribution is 7.73. The summed E-state index contributed by atoms with van der Waals surface area (Å²) >= 11 is 12.5. The van der Waals surface area contributed by atoms with Crippen LogP contribution in [0.15, 0.2) is 40.5 Å². The minimum absolute atomic E-state index is 0.0938. The van der Waals surface area contributed by atoms with Gasteiger partial charge in [-0.2, -0.15) is 0 Å². The van der Waals surface area contributed by atoms with Gasteiger partial charge in [-0.15, -0.1) is 11.3 Å². The maximum Gasteiger partial charge on any atom is 0.253 e. The molecule has 0 atom stereocenters. The summed E-state index contributed by atoms with van der Waals surface area (Å²) in [5.74, 6) is 0. The third kappa shape index (κ3) is 2.40. The van der Waals surface area contributed by atoms with Crippen LogP contribution in [0.2, 0.25) is 5.02 Å². The van der Waals surface area contributed by atoms with Crippen molar-refractivity contribution in [1.82, 2.24) is 4.57 Å². The van der Waals surface area contributed by atoms with E-state index in [-0.39, 0.29) is 5.56 Å². The van der Waals surface area contributed by atoms with Crippen molar-refractivity contribution in [2.24, 2.45) is 0 Å². The largest absolute Gasteiger partial charge is 0.287 e. The Morgan fingerprint density at radius 3 is 2.75 bits per heavy atom. The van der Waals surface area contributed by atoms with Gasteiger partial charge < -0.3 is 0 Å². The first-order chi connectivity index (χ1) is 7.68. The SMILES string of the molecule is O=c1ccsc(=S)n1Cc1ccccc1Cl. The predicted molar refractivity (Wildman–Crippen MR) is 70.0 cm³/mol. The zero-order valence-electron chi connectivity index (χ0n) is 8.22. The molecule has 82 valence electrons. The molecule has 0 fully saturated rings. The molecule has 0 spiro atoms. The van der Waals surface area contributed by atoms with E-state index >= 15 is 0 Å². The van der Waals surface area contributed by atoms with Gasteiger partial charge in [-0.3, -0.25) is 9.36 Å². The summed E-state index contributed by atoms with van der Waals surface area (Å²) in [4.78, 5) is 11.6. The van der Waals surface area contributed by atoms with Crippen LogP contribution in [0, 0.1) is 3.95 Å². The molecule has 2 aromatic rings. The average molecular weight is 270 g/mol. The Bertz CT molecular complexity index is 589. The van der Waals surface area contributed by atoms with Crippen LogP contribution in [0.3, 0.4) is 0 Å². The van der Waals surface area contributed by atoms with Crippen molar-refractivity contribution in [2.75, 3.05) is 0 Å². The summed E-state index contributed by atoms with van der Waals surface area (Å²) in [6.07, 6.45) is 0. The highest BCUT2D eigenvalue weighted by atomic mass is 35.5. The van der Waals surface area contributed by atoms with Crippen LogP contribution in [0.4, 0.5) is 0 Å². The zero-order valence-corrected chi connectivity index (χ0v) is 10.6. The quantitative estimate of drug-likeness (QED) is 0.780. The van der Waals surface area contributed by atoms with E-state index < -0.39 is 0 Å². The number of nitrogens with zero attached hydrogens (tertiary/aromatic N) is 1. The standard InChI is InChI=1S/C11H8ClNOS2/c12-9-4-2-1-3-8(9)7-13-10(14)5-6-16-11(13)15/h1-6H,7H2. The van der Waals surface area contributed by atoms with Crippen molar-refractivity contribution in [3.63, 3.8) is 0 Å². The fourth-order valence-electron chi connectivity index (χ4n) is 1.33. The van der Waals surface area contributed by atoms with Gasteiger partial charge in [0, 0.05) is 11.1 Å². The van der Waals surface area contributed by atoms with Gasteiger partial charge >= 0.3 is 0 Å². The Morgan fingerprint density at radius 2 is 2.06 bits per heavy atom. The molecule has 0 radical (unpaired) electrons. The molecule has 5 heteroatoms. The van der Waals surface area contributed by atoms with Crippen molar-refractivity contribution in [3.05, 3.63) is 60.6 Å². The number of hydrogen-bond donors (Lipinski definition) is 0. The lowest BCUT2D eigenvalue weighted by molar-refractivity contribution is 0.762. The molecule has 1 aromatic carbocycles. The third-order valence-electron chi connectivity index (χ3n) is 2.15. The van der Waals surface area contributed by atoms with Crippen molar-refractivity contribution in [1.29, 1.82) is 0 Å². The van der Waals surface area contributed by atoms with Gasteiger partial charge in [0.15, 0.2) is 3.95 Å². The number of aromatic nitrogens is 1. The summed E-state index contributed by atoms with van der Waals surface area (Å²) in [5, 5.41) is 2.35. The summed E-state index contributed by atoms with van der Waals surface area (Å²) < 4.78 is 2.11. The van der Waals surface area contributed by atoms with E-state index in [2.05, 4.69) is 0 Å². The van der Waals surface area contributed by atoms with Gasteiger partial charge in [-0.1, -0.05) is 29.8 Å². The van der Waals surface area contributed by atoms with Crippen molar-refractivity contribution >= 4 is 35.2 Å². The Labute approximate surface area is 107 Å². The molecule has 0 bridgehead atoms. The van der Waals surface area contributed by atoms with Gasteiger partial charge in [0.05, 0.1) is 6.54 Å². The predicted octanol–water partition coefficient (Wildman–Crippen LogP) is 3.34. The first-order valence-electron chi connectivity index (χ1n) is 4.60. The van der Waals surface area contributed by atoms with Gasteiger partial charge in [0.25, 0.3) is 5.56 Å². The smallest absolute Gasteiger partial charge is 0.253 e. The van der Waals surface area contributed by atoms with Crippen LogP contribution < -0.4 is 5.56 Å². The minimum atomic E-state index is -0.0938. The Balaban J connectivity index is 2.46. The number of rotatable bonds is 2. The molecule has 2 nitrogen and oxygen atoms in total. The molecule has 0 aliphatic rings. The van der Waals surface area contributed by atoms with Gasteiger partial charge in [-0.05, 0) is 29.2 Å². The van der Waals surface area contributed by atoms with Crippen LogP contribution in [0.1, 0.15) is 5.56 Å². The molecule has 0 aliphatic carbocycles. The molecule has 16 heavy (non-hydrogen) atoms. The van der Waals surface area contributed by atoms with E-state index in [0.29, 0.717) is 15.5 Å². The van der Waals surface area contributed by atoms with Gasteiger partial charge in [0.1, 0.15) is 0 Å². The van der Waals surface area contributed by atoms with Crippen molar-refractivity contribution < 1.29 is 0 Å². The summed E-state index contributed by atoms with van der Waals surface area (Å²) in [6, 6.07) is 8.95. The topological polar surface area (TPSA) is 22.0 Å². The second kappa shape index (κ2) is 4.91. The molecule has 0 amide bonds. The first kappa shape index (κ1) is 11.5. The van der Waals surface area contributed by atoms with Crippen LogP contribution in [0.25, 0.3) is 0 Å². The van der Waals surface area contributed by atoms with Gasteiger partial charge in [-0.25, -0.2) is 0 Å². The van der Waals surface area contributed by atoms with E-state index in [4.69, 9.17) is 23.8 Å². The molecule has 1 heterocycles. The molecule has 2 rings (SSSR count). The molecule has 0 N–H and O–H groups in total. The van der Waals surface area contributed by atoms with Crippen LogP contribution in [-0.2, 0) is 6.54 Å². The summed E-state index contributed by atoms with van der Waals surface area (Å²) in [6.45, 7) is 0.425. The second-order valence-electron chi connectivity index (χ2n) is 3.20. The highest BCUT2D eigenvalue weighted by Gasteiger charge is 2.02. The fourth-order valence-corrected chi connectivity index (χ4v) is 2.43. The Morgan fingerprint density at radius 1 is 1.31 bits per heavy atom. The first-order valence-corrected chi connectivity index (χ1v) is 6.27. The molecule has 0 aliphatic heterocycles. The van der Waals surface area contributed by atoms with Crippen LogP contribution in [0.5, 0.6) is 0 Å². The van der Waals surface area contributed by atoms with Crippen LogP contribution in [-0.4, -0.2) is 4.57 Å². The monoisotopic (exact) mass is 269 g/mol. The molecule has 0 saturated heterocycles. The molecule has 0 unspecified atom stereocenters. The van der Waals surface area contributed by atoms with E-state index in [9.17, 15) is 4.79 Å². The van der Waals surface area contributed by atoms with Gasteiger partial charge in [0.2, 0.25) is 0 Å². The average Bonchev–Trinajstić information content (AvgIpc) is 2.26. The lowest BCUT2D eigenvalue weighted by atomic mass is 10.2. The summed E-state index contributed by atoms with van der Waals surface area (Å²) in [7, 11) is 0. The molecular formula is C11H8ClNOS2. The molecule has 0 saturated carbocycles. The minimum Gasteiger partial charge on any atom is -0.287 e. The van der Waals surface area contributed by atoms with E-state index in [1.165, 1.54) is 17.4 Å². The maximum atomic E-state index is 11.6. The lowest BCUT2D eigenvalue weighted by Gasteiger charge is -2.06. The number of hydrogen-bond acceptors (Lipinski definition) is 3. The number of halogens is 1. The van der Waals surface area contributed by atoms with Crippen molar-refractivity contribution in [3.8, 4) is 0 Å². The summed E-state index contributed by atoms with van der Waals surface area (Å²) in [5.41, 5.74) is 0.805. The molecule has 1 aromatic heterocycles. The normalized spacial score (nSPS) is 10.3. The lowest BCUT2D eigenvalue weighted by Crippen LogP contribution is -2.19. The molecular weight excluding hydrogens is 262 g/mol. The number of benzene rings is 1. The third-order valence-corrected chi connectivity index (χ3v) is 3.72. The van der Waals surface area contributed by atoms with E-state index in [1.54, 1.807) is 16.0 Å². The zero-order chi connectivity index (χ0) is 11.5. The van der Waals surface area contributed by atoms with E-state index in [1.807, 2.05) is 18.2 Å². The second-order valence-corrected chi connectivity index (χ2v) is 5.15. The Kier molecular flexibility index (Phi) is 3.53. The fraction of sp³-hybridized carbons (Fsp3) is 0.0909. The van der Waals surface area contributed by atoms with E-state index in [0.717, 1.165) is 5.56 Å². The maximum absolute atomic E-state index is 11.6. The highest BCUT2D eigenvalue weighted by Crippen LogP contribution is 2.15. The van der Waals surface area contributed by atoms with Crippen LogP contribution >= 0.6 is 35.2 Å². The Hall–Kier alpha value is -0.970. The van der Waals surface area contributed by atoms with Crippen molar-refractivity contribution in [2.45, 2.75) is 6.54 Å².